The van der Waals surface area contributed by atoms with Gasteiger partial charge < -0.3 is 10.4 Å². The first-order valence-corrected chi connectivity index (χ1v) is 9.16. The average molecular weight is 310 g/mol. The van der Waals surface area contributed by atoms with Crippen LogP contribution in [0.25, 0.3) is 0 Å². The van der Waals surface area contributed by atoms with E-state index in [9.17, 15) is 0 Å². The Balaban J connectivity index is 2.62. The summed E-state index contributed by atoms with van der Waals surface area (Å²) in [7, 11) is 0. The fourth-order valence-electron chi connectivity index (χ4n) is 2.40. The van der Waals surface area contributed by atoms with Crippen LogP contribution < -0.4 is 5.32 Å². The Bertz CT molecular complexity index is 377. The van der Waals surface area contributed by atoms with Crippen molar-refractivity contribution in [3.63, 3.8) is 0 Å². The van der Waals surface area contributed by atoms with E-state index in [2.05, 4.69) is 57.3 Å². The van der Waals surface area contributed by atoms with Crippen LogP contribution in [0.1, 0.15) is 51.3 Å². The fraction of sp³-hybridized carbons (Fsp3) is 0.667. The molecule has 0 fully saturated rings. The van der Waals surface area contributed by atoms with Crippen molar-refractivity contribution in [2.24, 2.45) is 5.92 Å². The predicted molar refractivity (Wildman–Crippen MR) is 95.0 cm³/mol. The maximum atomic E-state index is 9.00. The Morgan fingerprint density at radius 3 is 2.33 bits per heavy atom. The summed E-state index contributed by atoms with van der Waals surface area (Å²) in [5, 5.41) is 13.1. The first-order valence-electron chi connectivity index (χ1n) is 8.11. The number of nitrogens with one attached hydrogen (secondary N) is 1. The molecule has 2 atom stereocenters. The Hall–Kier alpha value is -0.510. The highest BCUT2D eigenvalue weighted by molar-refractivity contribution is 7.99. The molecule has 1 rings (SSSR count). The molecule has 3 heteroatoms. The van der Waals surface area contributed by atoms with E-state index in [1.165, 1.54) is 11.1 Å². The fourth-order valence-corrected chi connectivity index (χ4v) is 3.51. The van der Waals surface area contributed by atoms with Gasteiger partial charge >= 0.3 is 0 Å². The van der Waals surface area contributed by atoms with Crippen molar-refractivity contribution < 1.29 is 5.11 Å². The van der Waals surface area contributed by atoms with Gasteiger partial charge in [0.05, 0.1) is 0 Å². The van der Waals surface area contributed by atoms with E-state index in [0.717, 1.165) is 25.1 Å². The van der Waals surface area contributed by atoms with Crippen molar-refractivity contribution >= 4 is 11.8 Å². The molecule has 1 aromatic rings. The van der Waals surface area contributed by atoms with Gasteiger partial charge in [-0.2, -0.15) is 11.8 Å². The summed E-state index contributed by atoms with van der Waals surface area (Å²) in [6.45, 7) is 10.1. The molecule has 0 saturated heterocycles. The van der Waals surface area contributed by atoms with Gasteiger partial charge in [-0.05, 0) is 36.4 Å². The maximum absolute atomic E-state index is 9.00. The number of rotatable bonds is 10. The van der Waals surface area contributed by atoms with E-state index >= 15 is 0 Å². The quantitative estimate of drug-likeness (QED) is 0.684. The van der Waals surface area contributed by atoms with Gasteiger partial charge in [0.2, 0.25) is 0 Å². The molecule has 2 nitrogen and oxygen atoms in total. The van der Waals surface area contributed by atoms with Crippen molar-refractivity contribution in [3.8, 4) is 0 Å². The highest BCUT2D eigenvalue weighted by Gasteiger charge is 2.12. The topological polar surface area (TPSA) is 32.3 Å². The predicted octanol–water partition coefficient (Wildman–Crippen LogP) is 4.04. The van der Waals surface area contributed by atoms with Crippen molar-refractivity contribution in [2.45, 2.75) is 51.8 Å². The number of hydrogen-bond acceptors (Lipinski definition) is 3. The van der Waals surface area contributed by atoms with Gasteiger partial charge in [0, 0.05) is 23.7 Å². The summed E-state index contributed by atoms with van der Waals surface area (Å²) in [5.41, 5.74) is 2.79. The normalized spacial score (nSPS) is 14.4. The van der Waals surface area contributed by atoms with Gasteiger partial charge in [0.15, 0.2) is 0 Å². The molecule has 0 radical (unpaired) electrons. The van der Waals surface area contributed by atoms with Gasteiger partial charge in [0.25, 0.3) is 0 Å². The summed E-state index contributed by atoms with van der Waals surface area (Å²) in [4.78, 5) is 0. The highest BCUT2D eigenvalue weighted by atomic mass is 32.2. The second kappa shape index (κ2) is 10.3. The van der Waals surface area contributed by atoms with Crippen LogP contribution in [0.3, 0.4) is 0 Å². The van der Waals surface area contributed by atoms with Crippen LogP contribution in [0.2, 0.25) is 0 Å². The van der Waals surface area contributed by atoms with Crippen LogP contribution in [0, 0.1) is 5.92 Å². The van der Waals surface area contributed by atoms with E-state index in [1.54, 1.807) is 0 Å². The lowest BCUT2D eigenvalue weighted by Crippen LogP contribution is -2.23. The van der Waals surface area contributed by atoms with Crippen LogP contribution in [0.5, 0.6) is 0 Å². The van der Waals surface area contributed by atoms with Gasteiger partial charge in [-0.15, -0.1) is 0 Å². The molecule has 0 spiro atoms. The molecular formula is C18H31NOS. The van der Waals surface area contributed by atoms with E-state index < -0.39 is 0 Å². The van der Waals surface area contributed by atoms with Crippen molar-refractivity contribution in [3.05, 3.63) is 35.4 Å². The van der Waals surface area contributed by atoms with Crippen molar-refractivity contribution in [1.29, 1.82) is 0 Å². The molecule has 0 amide bonds. The molecular weight excluding hydrogens is 278 g/mol. The first-order chi connectivity index (χ1) is 10.1. The zero-order chi connectivity index (χ0) is 15.7. The lowest BCUT2D eigenvalue weighted by atomic mass is 10.00. The highest BCUT2D eigenvalue weighted by Crippen LogP contribution is 2.23. The number of aliphatic hydroxyl groups excluding tert-OH is 1. The third-order valence-corrected chi connectivity index (χ3v) is 4.89. The lowest BCUT2D eigenvalue weighted by Gasteiger charge is -2.20. The smallest absolute Gasteiger partial charge is 0.0441 e. The van der Waals surface area contributed by atoms with Gasteiger partial charge in [-0.3, -0.25) is 0 Å². The molecule has 120 valence electrons. The summed E-state index contributed by atoms with van der Waals surface area (Å²) in [5.74, 6) is 1.76. The second-order valence-corrected chi connectivity index (χ2v) is 7.58. The monoisotopic (exact) mass is 309 g/mol. The Kier molecular flexibility index (Phi) is 9.05. The Morgan fingerprint density at radius 2 is 1.81 bits per heavy atom. The van der Waals surface area contributed by atoms with Crippen molar-refractivity contribution in [2.75, 3.05) is 18.9 Å². The van der Waals surface area contributed by atoms with Crippen LogP contribution in [-0.4, -0.2) is 29.3 Å². The van der Waals surface area contributed by atoms with E-state index in [0.29, 0.717) is 17.2 Å². The zero-order valence-electron chi connectivity index (χ0n) is 13.9. The van der Waals surface area contributed by atoms with Crippen LogP contribution in [0.15, 0.2) is 24.3 Å². The van der Waals surface area contributed by atoms with E-state index in [4.69, 9.17) is 5.11 Å². The van der Waals surface area contributed by atoms with Gasteiger partial charge in [-0.1, -0.05) is 52.0 Å². The maximum Gasteiger partial charge on any atom is 0.0441 e. The molecule has 21 heavy (non-hydrogen) atoms. The Morgan fingerprint density at radius 1 is 1.14 bits per heavy atom. The molecule has 0 aliphatic rings. The minimum Gasteiger partial charge on any atom is -0.396 e. The third-order valence-electron chi connectivity index (χ3n) is 3.56. The van der Waals surface area contributed by atoms with E-state index in [-0.39, 0.29) is 6.61 Å². The largest absolute Gasteiger partial charge is 0.396 e. The lowest BCUT2D eigenvalue weighted by molar-refractivity contribution is 0.289. The second-order valence-electron chi connectivity index (χ2n) is 6.11. The standard InChI is InChI=1S/C18H31NOS/c1-5-19-18(13-21-15(4)10-11-20)17-8-6-16(7-9-17)12-14(2)3/h6-9,14-15,18-20H,5,10-13H2,1-4H3. The minimum atomic E-state index is 0.282. The summed E-state index contributed by atoms with van der Waals surface area (Å²) < 4.78 is 0. The molecule has 1 aromatic carbocycles. The SMILES string of the molecule is CCNC(CSC(C)CCO)c1ccc(CC(C)C)cc1. The average Bonchev–Trinajstić information content (AvgIpc) is 2.44. The molecule has 0 aromatic heterocycles. The molecule has 0 aliphatic carbocycles. The summed E-state index contributed by atoms with van der Waals surface area (Å²) in [6, 6.07) is 9.46. The summed E-state index contributed by atoms with van der Waals surface area (Å²) in [6.07, 6.45) is 2.02. The Labute approximate surface area is 134 Å². The van der Waals surface area contributed by atoms with Crippen molar-refractivity contribution in [1.82, 2.24) is 5.32 Å². The molecule has 2 unspecified atom stereocenters. The number of hydrogen-bond donors (Lipinski definition) is 2. The molecule has 0 saturated carbocycles. The van der Waals surface area contributed by atoms with Crippen LogP contribution in [0.4, 0.5) is 0 Å². The third kappa shape index (κ3) is 7.35. The molecule has 0 bridgehead atoms. The summed E-state index contributed by atoms with van der Waals surface area (Å²) >= 11 is 1.94. The molecule has 0 heterocycles. The zero-order valence-corrected chi connectivity index (χ0v) is 14.7. The number of benzene rings is 1. The number of aliphatic hydroxyl groups is 1. The van der Waals surface area contributed by atoms with Gasteiger partial charge in [-0.25, -0.2) is 0 Å². The van der Waals surface area contributed by atoms with Crippen LogP contribution >= 0.6 is 11.8 Å². The molecule has 0 aliphatic heterocycles. The van der Waals surface area contributed by atoms with E-state index in [1.807, 2.05) is 11.8 Å². The van der Waals surface area contributed by atoms with Crippen LogP contribution in [-0.2, 0) is 6.42 Å². The minimum absolute atomic E-state index is 0.282. The number of thioether (sulfide) groups is 1. The first kappa shape index (κ1) is 18.5. The van der Waals surface area contributed by atoms with Gasteiger partial charge in [0.1, 0.15) is 0 Å². The molecule has 2 N–H and O–H groups in total.